The average molecular weight is 617 g/mol. The number of benzene rings is 8. The molecule has 48 heavy (non-hydrogen) atoms. The first-order valence-corrected chi connectivity index (χ1v) is 16.6. The van der Waals surface area contributed by atoms with Gasteiger partial charge in [-0.15, -0.1) is 0 Å². The van der Waals surface area contributed by atoms with Gasteiger partial charge in [0.05, 0.1) is 28.4 Å². The van der Waals surface area contributed by atoms with Gasteiger partial charge in [0, 0.05) is 27.9 Å². The zero-order valence-corrected chi connectivity index (χ0v) is 26.8. The molecule has 0 fully saturated rings. The Morgan fingerprint density at radius 1 is 0.479 bits per heavy atom. The van der Waals surface area contributed by atoms with E-state index in [0.717, 1.165) is 39.9 Å². The molecular weight excluding hydrogens is 585 g/mol. The minimum atomic E-state index is -0.285. The normalized spacial score (nSPS) is 13.9. The minimum Gasteiger partial charge on any atom is -0.453 e. The lowest BCUT2D eigenvalue weighted by Gasteiger charge is -2.45. The first-order chi connectivity index (χ1) is 23.6. The molecule has 8 aromatic rings. The summed E-state index contributed by atoms with van der Waals surface area (Å²) >= 11 is 0. The Labute approximate surface area is 279 Å². The van der Waals surface area contributed by atoms with Crippen LogP contribution in [0.2, 0.25) is 0 Å². The molecule has 0 bridgehead atoms. The van der Waals surface area contributed by atoms with Gasteiger partial charge in [-0.2, -0.15) is 0 Å². The Bertz CT molecular complexity index is 2600. The molecule has 2 aliphatic rings. The van der Waals surface area contributed by atoms with Crippen LogP contribution in [0.4, 0.5) is 34.1 Å². The van der Waals surface area contributed by atoms with Crippen LogP contribution in [0.1, 0.15) is 25.0 Å². The van der Waals surface area contributed by atoms with Gasteiger partial charge in [0.2, 0.25) is 0 Å². The van der Waals surface area contributed by atoms with Crippen LogP contribution < -0.4 is 14.5 Å². The summed E-state index contributed by atoms with van der Waals surface area (Å²) in [6, 6.07) is 57.0. The van der Waals surface area contributed by atoms with Crippen molar-refractivity contribution in [2.24, 2.45) is 0 Å². The van der Waals surface area contributed by atoms with Crippen LogP contribution in [0.3, 0.4) is 0 Å². The Balaban J connectivity index is 1.28. The summed E-state index contributed by atoms with van der Waals surface area (Å²) < 4.78 is 6.99. The Morgan fingerprint density at radius 3 is 2.00 bits per heavy atom. The lowest BCUT2D eigenvalue weighted by Crippen LogP contribution is -2.32. The van der Waals surface area contributed by atoms with E-state index in [1.165, 1.54) is 49.1 Å². The summed E-state index contributed by atoms with van der Waals surface area (Å²) in [4.78, 5) is 4.86. The predicted octanol–water partition coefficient (Wildman–Crippen LogP) is 12.8. The number of hydrogen-bond acceptors (Lipinski definition) is 3. The van der Waals surface area contributed by atoms with Gasteiger partial charge in [-0.1, -0.05) is 129 Å². The number of hydrogen-bond donors (Lipinski definition) is 0. The SMILES string of the molecule is CC1(C)c2ccccc2N2c3c(cc(N(c4ccc5ccccc5c4)c4cccc5ccccc45)cc31)Oc1ccc3ccccc3c12. The van der Waals surface area contributed by atoms with Crippen LogP contribution in [0.5, 0.6) is 11.5 Å². The fourth-order valence-corrected chi connectivity index (χ4v) is 8.02. The highest BCUT2D eigenvalue weighted by Gasteiger charge is 2.42. The molecule has 0 N–H and O–H groups in total. The van der Waals surface area contributed by atoms with Crippen molar-refractivity contribution in [2.45, 2.75) is 19.3 Å². The maximum absolute atomic E-state index is 6.99. The third-order valence-electron chi connectivity index (χ3n) is 10.3. The van der Waals surface area contributed by atoms with Crippen LogP contribution in [0.25, 0.3) is 32.3 Å². The highest BCUT2D eigenvalue weighted by atomic mass is 16.5. The lowest BCUT2D eigenvalue weighted by molar-refractivity contribution is 0.472. The number of ether oxygens (including phenoxy) is 1. The quantitative estimate of drug-likeness (QED) is 0.196. The number of fused-ring (bicyclic) bond motifs is 8. The van der Waals surface area contributed by atoms with Gasteiger partial charge in [0.15, 0.2) is 11.5 Å². The largest absolute Gasteiger partial charge is 0.453 e. The van der Waals surface area contributed by atoms with Gasteiger partial charge in [0.1, 0.15) is 0 Å². The monoisotopic (exact) mass is 616 g/mol. The van der Waals surface area contributed by atoms with Gasteiger partial charge < -0.3 is 14.5 Å². The van der Waals surface area contributed by atoms with Crippen LogP contribution in [0, 0.1) is 0 Å². The van der Waals surface area contributed by atoms with E-state index in [0.29, 0.717) is 0 Å². The van der Waals surface area contributed by atoms with E-state index in [2.05, 4.69) is 181 Å². The third kappa shape index (κ3) is 3.82. The van der Waals surface area contributed by atoms with Crippen molar-refractivity contribution in [1.29, 1.82) is 0 Å². The molecule has 0 atom stereocenters. The molecule has 0 aromatic heterocycles. The lowest BCUT2D eigenvalue weighted by atomic mass is 9.72. The molecule has 3 nitrogen and oxygen atoms in total. The Kier molecular flexibility index (Phi) is 5.63. The van der Waals surface area contributed by atoms with E-state index in [-0.39, 0.29) is 5.41 Å². The molecule has 0 saturated carbocycles. The molecule has 10 rings (SSSR count). The van der Waals surface area contributed by atoms with E-state index in [4.69, 9.17) is 4.74 Å². The maximum Gasteiger partial charge on any atom is 0.153 e. The highest BCUT2D eigenvalue weighted by molar-refractivity contribution is 6.07. The third-order valence-corrected chi connectivity index (χ3v) is 10.3. The maximum atomic E-state index is 6.99. The average Bonchev–Trinajstić information content (AvgIpc) is 3.13. The second kappa shape index (κ2) is 9.97. The van der Waals surface area contributed by atoms with E-state index in [9.17, 15) is 0 Å². The molecule has 2 aliphatic heterocycles. The molecule has 0 saturated heterocycles. The molecule has 3 heteroatoms. The molecule has 8 aromatic carbocycles. The van der Waals surface area contributed by atoms with E-state index in [1.807, 2.05) is 0 Å². The standard InChI is InChI=1S/C45H32N2O/c1-45(2)37-19-9-10-20-40(37)47-43-36-18-8-6-14-31(36)23-25-41(43)48-42-28-34(27-38(45)44(42)47)46(33-24-22-29-12-3-4-15-32(29)26-33)39-21-11-16-30-13-5-7-17-35(30)39/h3-28H,1-2H3. The van der Waals surface area contributed by atoms with E-state index in [1.54, 1.807) is 0 Å². The molecule has 0 amide bonds. The summed E-state index contributed by atoms with van der Waals surface area (Å²) in [5, 5.41) is 7.21. The minimum absolute atomic E-state index is 0.285. The van der Waals surface area contributed by atoms with Crippen molar-refractivity contribution in [2.75, 3.05) is 9.80 Å². The topological polar surface area (TPSA) is 15.7 Å². The van der Waals surface area contributed by atoms with Gasteiger partial charge in [-0.25, -0.2) is 0 Å². The zero-order chi connectivity index (χ0) is 32.0. The Morgan fingerprint density at radius 2 is 1.15 bits per heavy atom. The van der Waals surface area contributed by atoms with Crippen molar-refractivity contribution >= 4 is 66.4 Å². The molecule has 0 radical (unpaired) electrons. The number of nitrogens with zero attached hydrogens (tertiary/aromatic N) is 2. The summed E-state index contributed by atoms with van der Waals surface area (Å²) in [6.45, 7) is 4.69. The van der Waals surface area contributed by atoms with Crippen molar-refractivity contribution in [1.82, 2.24) is 0 Å². The van der Waals surface area contributed by atoms with E-state index < -0.39 is 0 Å². The van der Waals surface area contributed by atoms with Crippen LogP contribution >= 0.6 is 0 Å². The van der Waals surface area contributed by atoms with Crippen LogP contribution in [-0.2, 0) is 5.41 Å². The molecule has 0 unspecified atom stereocenters. The number of anilines is 6. The van der Waals surface area contributed by atoms with Gasteiger partial charge >= 0.3 is 0 Å². The molecule has 0 aliphatic carbocycles. The first kappa shape index (κ1) is 27.1. The van der Waals surface area contributed by atoms with Gasteiger partial charge in [-0.3, -0.25) is 0 Å². The van der Waals surface area contributed by atoms with Crippen LogP contribution in [-0.4, -0.2) is 0 Å². The fraction of sp³-hybridized carbons (Fsp3) is 0.0667. The Hall–Kier alpha value is -6.06. The van der Waals surface area contributed by atoms with Crippen LogP contribution in [0.15, 0.2) is 158 Å². The molecule has 0 spiro atoms. The van der Waals surface area contributed by atoms with Gasteiger partial charge in [-0.05, 0) is 69.1 Å². The number of para-hydroxylation sites is 1. The zero-order valence-electron chi connectivity index (χ0n) is 26.8. The predicted molar refractivity (Wildman–Crippen MR) is 201 cm³/mol. The smallest absolute Gasteiger partial charge is 0.153 e. The van der Waals surface area contributed by atoms with Crippen molar-refractivity contribution in [3.63, 3.8) is 0 Å². The fourth-order valence-electron chi connectivity index (χ4n) is 8.02. The second-order valence-corrected chi connectivity index (χ2v) is 13.4. The van der Waals surface area contributed by atoms with Crippen molar-refractivity contribution in [3.05, 3.63) is 169 Å². The second-order valence-electron chi connectivity index (χ2n) is 13.4. The highest BCUT2D eigenvalue weighted by Crippen LogP contribution is 2.62. The molecular formula is C45H32N2O. The van der Waals surface area contributed by atoms with Gasteiger partial charge in [0.25, 0.3) is 0 Å². The summed E-state index contributed by atoms with van der Waals surface area (Å²) in [5.74, 6) is 1.72. The van der Waals surface area contributed by atoms with Crippen molar-refractivity contribution < 1.29 is 4.74 Å². The van der Waals surface area contributed by atoms with Crippen molar-refractivity contribution in [3.8, 4) is 11.5 Å². The molecule has 2 heterocycles. The molecule has 228 valence electrons. The summed E-state index contributed by atoms with van der Waals surface area (Å²) in [6.07, 6.45) is 0. The first-order valence-electron chi connectivity index (χ1n) is 16.6. The summed E-state index contributed by atoms with van der Waals surface area (Å²) in [7, 11) is 0. The number of rotatable bonds is 3. The summed E-state index contributed by atoms with van der Waals surface area (Å²) in [5.41, 5.74) is 8.95. The van der Waals surface area contributed by atoms with E-state index >= 15 is 0 Å².